The standard InChI is InChI=1S/C18H16N4OS/c1-12-7-8-16-19-13(9-17(23)22(16)10-12)11-24-18-20-14-5-3-4-6-15(14)21(18)2/h3-10H,11H2,1-2H3. The van der Waals surface area contributed by atoms with Crippen LogP contribution in [-0.4, -0.2) is 18.9 Å². The molecule has 3 aromatic heterocycles. The largest absolute Gasteiger partial charge is 0.322 e. The molecule has 0 unspecified atom stereocenters. The third-order valence-electron chi connectivity index (χ3n) is 3.96. The van der Waals surface area contributed by atoms with E-state index in [1.54, 1.807) is 22.2 Å². The lowest BCUT2D eigenvalue weighted by Crippen LogP contribution is -2.15. The number of nitrogens with zero attached hydrogens (tertiary/aromatic N) is 4. The lowest BCUT2D eigenvalue weighted by Gasteiger charge is -2.05. The molecule has 0 atom stereocenters. The van der Waals surface area contributed by atoms with Gasteiger partial charge in [-0.05, 0) is 30.7 Å². The van der Waals surface area contributed by atoms with Crippen LogP contribution in [-0.2, 0) is 12.8 Å². The molecule has 0 spiro atoms. The molecule has 0 bridgehead atoms. The van der Waals surface area contributed by atoms with E-state index in [1.807, 2.05) is 50.5 Å². The fourth-order valence-corrected chi connectivity index (χ4v) is 3.60. The summed E-state index contributed by atoms with van der Waals surface area (Å²) in [7, 11) is 2.00. The number of hydrogen-bond acceptors (Lipinski definition) is 4. The molecule has 4 aromatic rings. The summed E-state index contributed by atoms with van der Waals surface area (Å²) in [6.45, 7) is 1.96. The lowest BCUT2D eigenvalue weighted by atomic mass is 10.3. The third-order valence-corrected chi connectivity index (χ3v) is 5.02. The normalized spacial score (nSPS) is 11.4. The maximum Gasteiger partial charge on any atom is 0.258 e. The fraction of sp³-hybridized carbons (Fsp3) is 0.167. The average molecular weight is 336 g/mol. The Bertz CT molecular complexity index is 1110. The smallest absolute Gasteiger partial charge is 0.258 e. The van der Waals surface area contributed by atoms with Crippen molar-refractivity contribution in [3.05, 3.63) is 70.3 Å². The molecule has 6 heteroatoms. The van der Waals surface area contributed by atoms with Gasteiger partial charge >= 0.3 is 0 Å². The van der Waals surface area contributed by atoms with Gasteiger partial charge in [0, 0.05) is 25.1 Å². The van der Waals surface area contributed by atoms with Crippen LogP contribution in [0.4, 0.5) is 0 Å². The first-order valence-electron chi connectivity index (χ1n) is 7.65. The zero-order valence-electron chi connectivity index (χ0n) is 13.4. The van der Waals surface area contributed by atoms with Crippen molar-refractivity contribution < 1.29 is 0 Å². The first kappa shape index (κ1) is 15.0. The van der Waals surface area contributed by atoms with E-state index in [2.05, 4.69) is 20.6 Å². The van der Waals surface area contributed by atoms with E-state index in [0.29, 0.717) is 11.4 Å². The Morgan fingerprint density at radius 2 is 1.96 bits per heavy atom. The van der Waals surface area contributed by atoms with Crippen LogP contribution < -0.4 is 5.56 Å². The highest BCUT2D eigenvalue weighted by molar-refractivity contribution is 7.98. The highest BCUT2D eigenvalue weighted by Crippen LogP contribution is 2.24. The van der Waals surface area contributed by atoms with E-state index in [9.17, 15) is 4.79 Å². The summed E-state index contributed by atoms with van der Waals surface area (Å²) in [5, 5.41) is 0.919. The van der Waals surface area contributed by atoms with E-state index in [1.165, 1.54) is 0 Å². The number of fused-ring (bicyclic) bond motifs is 2. The second-order valence-corrected chi connectivity index (χ2v) is 6.69. The van der Waals surface area contributed by atoms with Gasteiger partial charge in [0.1, 0.15) is 5.65 Å². The summed E-state index contributed by atoms with van der Waals surface area (Å²) in [5.74, 6) is 0.608. The summed E-state index contributed by atoms with van der Waals surface area (Å²) in [5.41, 5.74) is 4.50. The topological polar surface area (TPSA) is 52.2 Å². The van der Waals surface area contributed by atoms with Crippen LogP contribution in [0.15, 0.2) is 58.6 Å². The van der Waals surface area contributed by atoms with Gasteiger partial charge in [0.15, 0.2) is 5.16 Å². The van der Waals surface area contributed by atoms with E-state index in [0.717, 1.165) is 27.4 Å². The molecule has 24 heavy (non-hydrogen) atoms. The molecule has 0 radical (unpaired) electrons. The van der Waals surface area contributed by atoms with Crippen molar-refractivity contribution in [1.29, 1.82) is 0 Å². The van der Waals surface area contributed by atoms with Crippen molar-refractivity contribution >= 4 is 28.4 Å². The van der Waals surface area contributed by atoms with E-state index >= 15 is 0 Å². The van der Waals surface area contributed by atoms with Crippen molar-refractivity contribution in [3.8, 4) is 0 Å². The molecule has 0 saturated heterocycles. The molecule has 0 N–H and O–H groups in total. The summed E-state index contributed by atoms with van der Waals surface area (Å²) in [6.07, 6.45) is 1.81. The second-order valence-electron chi connectivity index (χ2n) is 5.75. The molecule has 4 rings (SSSR count). The molecule has 0 aliphatic carbocycles. The maximum atomic E-state index is 12.3. The first-order valence-corrected chi connectivity index (χ1v) is 8.63. The Balaban J connectivity index is 1.65. The minimum Gasteiger partial charge on any atom is -0.322 e. The van der Waals surface area contributed by atoms with Gasteiger partial charge in [0.2, 0.25) is 0 Å². The predicted octanol–water partition coefficient (Wildman–Crippen LogP) is 3.18. The van der Waals surface area contributed by atoms with Gasteiger partial charge in [-0.15, -0.1) is 0 Å². The Morgan fingerprint density at radius 3 is 2.79 bits per heavy atom. The second kappa shape index (κ2) is 5.79. The van der Waals surface area contributed by atoms with E-state index in [4.69, 9.17) is 0 Å². The molecule has 0 fully saturated rings. The number of pyridine rings is 1. The molecule has 0 aliphatic rings. The molecule has 120 valence electrons. The van der Waals surface area contributed by atoms with Gasteiger partial charge in [0.05, 0.1) is 16.7 Å². The predicted molar refractivity (Wildman–Crippen MR) is 96.5 cm³/mol. The monoisotopic (exact) mass is 336 g/mol. The van der Waals surface area contributed by atoms with Crippen molar-refractivity contribution in [3.63, 3.8) is 0 Å². The number of hydrogen-bond donors (Lipinski definition) is 0. The van der Waals surface area contributed by atoms with Crippen molar-refractivity contribution in [1.82, 2.24) is 18.9 Å². The van der Waals surface area contributed by atoms with E-state index in [-0.39, 0.29) is 5.56 Å². The van der Waals surface area contributed by atoms with E-state index < -0.39 is 0 Å². The van der Waals surface area contributed by atoms with Crippen molar-refractivity contribution in [2.75, 3.05) is 0 Å². The van der Waals surface area contributed by atoms with Gasteiger partial charge in [-0.3, -0.25) is 9.20 Å². The number of benzene rings is 1. The quantitative estimate of drug-likeness (QED) is 0.539. The molecule has 0 saturated carbocycles. The van der Waals surface area contributed by atoms with Crippen LogP contribution in [0.3, 0.4) is 0 Å². The Morgan fingerprint density at radius 1 is 1.12 bits per heavy atom. The minimum atomic E-state index is -0.0516. The molecule has 5 nitrogen and oxygen atoms in total. The van der Waals surface area contributed by atoms with Crippen LogP contribution in [0.1, 0.15) is 11.3 Å². The fourth-order valence-electron chi connectivity index (χ4n) is 2.72. The molecule has 1 aromatic carbocycles. The number of aryl methyl sites for hydroxylation is 2. The Labute approximate surface area is 143 Å². The van der Waals surface area contributed by atoms with Crippen LogP contribution in [0.2, 0.25) is 0 Å². The van der Waals surface area contributed by atoms with Crippen molar-refractivity contribution in [2.45, 2.75) is 17.8 Å². The highest BCUT2D eigenvalue weighted by Gasteiger charge is 2.09. The molecule has 0 amide bonds. The molecular formula is C18H16N4OS. The zero-order valence-corrected chi connectivity index (χ0v) is 14.2. The number of rotatable bonds is 3. The summed E-state index contributed by atoms with van der Waals surface area (Å²) < 4.78 is 3.65. The maximum absolute atomic E-state index is 12.3. The van der Waals surface area contributed by atoms with Crippen LogP contribution in [0.25, 0.3) is 16.7 Å². The van der Waals surface area contributed by atoms with Gasteiger partial charge in [-0.25, -0.2) is 9.97 Å². The van der Waals surface area contributed by atoms with Crippen LogP contribution in [0.5, 0.6) is 0 Å². The average Bonchev–Trinajstić information content (AvgIpc) is 2.90. The number of aromatic nitrogens is 4. The number of imidazole rings is 1. The highest BCUT2D eigenvalue weighted by atomic mass is 32.2. The van der Waals surface area contributed by atoms with Gasteiger partial charge in [-0.1, -0.05) is 30.0 Å². The SMILES string of the molecule is Cc1ccc2nc(CSc3nc4ccccc4n3C)cc(=O)n2c1. The first-order chi connectivity index (χ1) is 11.6. The summed E-state index contributed by atoms with van der Waals surface area (Å²) >= 11 is 1.59. The summed E-state index contributed by atoms with van der Waals surface area (Å²) in [6, 6.07) is 13.5. The van der Waals surface area contributed by atoms with Crippen LogP contribution >= 0.6 is 11.8 Å². The number of para-hydroxylation sites is 2. The Kier molecular flexibility index (Phi) is 3.61. The van der Waals surface area contributed by atoms with Crippen molar-refractivity contribution in [2.24, 2.45) is 7.05 Å². The van der Waals surface area contributed by atoms with Gasteiger partial charge in [0.25, 0.3) is 5.56 Å². The molecule has 3 heterocycles. The molecular weight excluding hydrogens is 320 g/mol. The lowest BCUT2D eigenvalue weighted by molar-refractivity contribution is 0.814. The minimum absolute atomic E-state index is 0.0516. The van der Waals surface area contributed by atoms with Crippen LogP contribution in [0, 0.1) is 6.92 Å². The summed E-state index contributed by atoms with van der Waals surface area (Å²) in [4.78, 5) is 21.5. The number of thioether (sulfide) groups is 1. The van der Waals surface area contributed by atoms with Gasteiger partial charge < -0.3 is 4.57 Å². The van der Waals surface area contributed by atoms with Gasteiger partial charge in [-0.2, -0.15) is 0 Å². The third kappa shape index (κ3) is 2.59. The Hall–Kier alpha value is -2.60. The zero-order chi connectivity index (χ0) is 16.7. The molecule has 0 aliphatic heterocycles.